The van der Waals surface area contributed by atoms with Crippen LogP contribution in [0.5, 0.6) is 0 Å². The van der Waals surface area contributed by atoms with Crippen molar-refractivity contribution in [2.75, 3.05) is 23.3 Å². The second-order valence-electron chi connectivity index (χ2n) is 6.87. The number of para-hydroxylation sites is 1. The molecule has 1 spiro atoms. The molecule has 1 saturated heterocycles. The molecule has 5 rings (SSSR count). The number of fused-ring (bicyclic) bond motifs is 2. The molecule has 1 fully saturated rings. The summed E-state index contributed by atoms with van der Waals surface area (Å²) < 4.78 is 5.45. The van der Waals surface area contributed by atoms with Crippen LogP contribution in [-0.4, -0.2) is 29.1 Å². The number of anilines is 2. The molecule has 130 valence electrons. The predicted molar refractivity (Wildman–Crippen MR) is 97.9 cm³/mol. The number of carbonyl (C=O) groups excluding carboxylic acids is 1. The lowest BCUT2D eigenvalue weighted by molar-refractivity contribution is -0.121. The number of amides is 1. The molecule has 6 heteroatoms. The number of piperidine rings is 1. The van der Waals surface area contributed by atoms with E-state index < -0.39 is 5.41 Å². The van der Waals surface area contributed by atoms with Crippen molar-refractivity contribution >= 4 is 17.5 Å². The second-order valence-corrected chi connectivity index (χ2v) is 6.87. The van der Waals surface area contributed by atoms with Gasteiger partial charge >= 0.3 is 0 Å². The summed E-state index contributed by atoms with van der Waals surface area (Å²) in [7, 11) is 0. The van der Waals surface area contributed by atoms with E-state index in [-0.39, 0.29) is 5.91 Å². The fourth-order valence-electron chi connectivity index (χ4n) is 4.05. The van der Waals surface area contributed by atoms with Gasteiger partial charge in [-0.2, -0.15) is 4.98 Å². The Morgan fingerprint density at radius 3 is 2.77 bits per heavy atom. The number of aromatic nitrogens is 2. The van der Waals surface area contributed by atoms with Crippen molar-refractivity contribution in [2.45, 2.75) is 18.3 Å². The molecule has 2 aliphatic rings. The molecule has 0 saturated carbocycles. The van der Waals surface area contributed by atoms with Crippen LogP contribution in [0.25, 0.3) is 11.5 Å². The molecule has 6 nitrogen and oxygen atoms in total. The molecule has 1 N–H and O–H groups in total. The Bertz CT molecular complexity index is 969. The summed E-state index contributed by atoms with van der Waals surface area (Å²) in [6, 6.07) is 17.7. The van der Waals surface area contributed by atoms with Gasteiger partial charge in [-0.15, -0.1) is 0 Å². The van der Waals surface area contributed by atoms with Gasteiger partial charge in [0.2, 0.25) is 5.91 Å². The van der Waals surface area contributed by atoms with Crippen LogP contribution in [0.1, 0.15) is 18.4 Å². The first-order valence-electron chi connectivity index (χ1n) is 8.81. The number of benzene rings is 2. The Morgan fingerprint density at radius 1 is 1.08 bits per heavy atom. The van der Waals surface area contributed by atoms with E-state index in [0.717, 1.165) is 36.2 Å². The Kier molecular flexibility index (Phi) is 3.31. The number of hydrogen-bond donors (Lipinski definition) is 1. The molecule has 0 unspecified atom stereocenters. The lowest BCUT2D eigenvalue weighted by atomic mass is 9.75. The van der Waals surface area contributed by atoms with Crippen molar-refractivity contribution in [1.29, 1.82) is 0 Å². The van der Waals surface area contributed by atoms with E-state index in [2.05, 4.69) is 20.4 Å². The standard InChI is InChI=1S/C20H18N4O2/c25-18-20(15-9-4-5-10-16(15)21-18)11-6-12-24(13-20)19-22-17(26-23-19)14-7-2-1-3-8-14/h1-5,7-10H,6,11-13H2,(H,21,25)/t20-/m0/s1. The summed E-state index contributed by atoms with van der Waals surface area (Å²) >= 11 is 0. The molecular weight excluding hydrogens is 328 g/mol. The van der Waals surface area contributed by atoms with Gasteiger partial charge in [-0.05, 0) is 41.8 Å². The highest BCUT2D eigenvalue weighted by Gasteiger charge is 2.49. The summed E-state index contributed by atoms with van der Waals surface area (Å²) in [4.78, 5) is 19.4. The minimum Gasteiger partial charge on any atom is -0.337 e. The molecule has 1 aromatic heterocycles. The zero-order chi connectivity index (χ0) is 17.6. The van der Waals surface area contributed by atoms with Crippen LogP contribution in [0, 0.1) is 0 Å². The van der Waals surface area contributed by atoms with Crippen LogP contribution in [-0.2, 0) is 10.2 Å². The van der Waals surface area contributed by atoms with Crippen molar-refractivity contribution in [3.8, 4) is 11.5 Å². The molecule has 0 aliphatic carbocycles. The molecule has 0 radical (unpaired) electrons. The maximum atomic E-state index is 12.8. The third-order valence-electron chi connectivity index (χ3n) is 5.34. The lowest BCUT2D eigenvalue weighted by Crippen LogP contribution is -2.50. The zero-order valence-electron chi connectivity index (χ0n) is 14.2. The topological polar surface area (TPSA) is 71.3 Å². The fourth-order valence-corrected chi connectivity index (χ4v) is 4.05. The first-order chi connectivity index (χ1) is 12.8. The van der Waals surface area contributed by atoms with Crippen LogP contribution < -0.4 is 10.2 Å². The SMILES string of the molecule is O=C1Nc2ccccc2[C@@]12CCCN(c1noc(-c3ccccc3)n1)C2. The van der Waals surface area contributed by atoms with Crippen LogP contribution in [0.15, 0.2) is 59.1 Å². The third-order valence-corrected chi connectivity index (χ3v) is 5.34. The number of carbonyl (C=O) groups is 1. The summed E-state index contributed by atoms with van der Waals surface area (Å²) in [6.45, 7) is 1.37. The molecule has 26 heavy (non-hydrogen) atoms. The molecule has 1 amide bonds. The largest absolute Gasteiger partial charge is 0.337 e. The van der Waals surface area contributed by atoms with E-state index in [1.165, 1.54) is 0 Å². The molecule has 2 aromatic carbocycles. The quantitative estimate of drug-likeness (QED) is 0.771. The van der Waals surface area contributed by atoms with Gasteiger partial charge in [0.25, 0.3) is 11.8 Å². The molecule has 0 bridgehead atoms. The smallest absolute Gasteiger partial charge is 0.266 e. The van der Waals surface area contributed by atoms with Crippen LogP contribution in [0.3, 0.4) is 0 Å². The third kappa shape index (κ3) is 2.22. The van der Waals surface area contributed by atoms with E-state index in [0.29, 0.717) is 18.4 Å². The zero-order valence-corrected chi connectivity index (χ0v) is 14.2. The van der Waals surface area contributed by atoms with Gasteiger partial charge < -0.3 is 14.7 Å². The van der Waals surface area contributed by atoms with Gasteiger partial charge in [-0.25, -0.2) is 0 Å². The summed E-state index contributed by atoms with van der Waals surface area (Å²) in [6.07, 6.45) is 1.73. The fraction of sp³-hybridized carbons (Fsp3) is 0.250. The second kappa shape index (κ2) is 5.69. The van der Waals surface area contributed by atoms with E-state index in [1.807, 2.05) is 54.6 Å². The molecule has 3 aromatic rings. The highest BCUT2D eigenvalue weighted by Crippen LogP contribution is 2.44. The highest BCUT2D eigenvalue weighted by atomic mass is 16.5. The Labute approximate surface area is 150 Å². The number of nitrogens with one attached hydrogen (secondary N) is 1. The Balaban J connectivity index is 1.47. The summed E-state index contributed by atoms with van der Waals surface area (Å²) in [5.41, 5.74) is 2.34. The van der Waals surface area contributed by atoms with Crippen LogP contribution in [0.4, 0.5) is 11.6 Å². The number of nitrogens with zero attached hydrogens (tertiary/aromatic N) is 3. The average Bonchev–Trinajstić information content (AvgIpc) is 3.28. The van der Waals surface area contributed by atoms with Gasteiger partial charge in [0, 0.05) is 24.3 Å². The van der Waals surface area contributed by atoms with E-state index >= 15 is 0 Å². The minimum absolute atomic E-state index is 0.0650. The maximum absolute atomic E-state index is 12.8. The molecule has 1 atom stereocenters. The van der Waals surface area contributed by atoms with Crippen molar-refractivity contribution < 1.29 is 9.32 Å². The monoisotopic (exact) mass is 346 g/mol. The first kappa shape index (κ1) is 15.1. The van der Waals surface area contributed by atoms with Gasteiger partial charge in [0.1, 0.15) is 0 Å². The van der Waals surface area contributed by atoms with Gasteiger partial charge in [0.05, 0.1) is 5.41 Å². The minimum atomic E-state index is -0.539. The Morgan fingerprint density at radius 2 is 1.88 bits per heavy atom. The first-order valence-corrected chi connectivity index (χ1v) is 8.81. The lowest BCUT2D eigenvalue weighted by Gasteiger charge is -2.38. The van der Waals surface area contributed by atoms with Crippen LogP contribution in [0.2, 0.25) is 0 Å². The van der Waals surface area contributed by atoms with E-state index in [4.69, 9.17) is 4.52 Å². The van der Waals surface area contributed by atoms with Crippen molar-refractivity contribution in [1.82, 2.24) is 10.1 Å². The normalized spacial score (nSPS) is 21.7. The summed E-state index contributed by atoms with van der Waals surface area (Å²) in [5.74, 6) is 1.10. The highest BCUT2D eigenvalue weighted by molar-refractivity contribution is 6.06. The van der Waals surface area contributed by atoms with Crippen molar-refractivity contribution in [2.24, 2.45) is 0 Å². The Hall–Kier alpha value is -3.15. The van der Waals surface area contributed by atoms with Gasteiger partial charge in [0.15, 0.2) is 0 Å². The van der Waals surface area contributed by atoms with Crippen molar-refractivity contribution in [3.05, 3.63) is 60.2 Å². The van der Waals surface area contributed by atoms with Crippen molar-refractivity contribution in [3.63, 3.8) is 0 Å². The maximum Gasteiger partial charge on any atom is 0.266 e. The van der Waals surface area contributed by atoms with Gasteiger partial charge in [-0.1, -0.05) is 36.4 Å². The van der Waals surface area contributed by atoms with Crippen LogP contribution >= 0.6 is 0 Å². The molecule has 3 heterocycles. The molecular formula is C20H18N4O2. The number of hydrogen-bond acceptors (Lipinski definition) is 5. The van der Waals surface area contributed by atoms with E-state index in [9.17, 15) is 4.79 Å². The van der Waals surface area contributed by atoms with E-state index in [1.54, 1.807) is 0 Å². The van der Waals surface area contributed by atoms with Gasteiger partial charge in [-0.3, -0.25) is 4.79 Å². The molecule has 2 aliphatic heterocycles. The number of rotatable bonds is 2. The summed E-state index contributed by atoms with van der Waals surface area (Å²) in [5, 5.41) is 7.19. The predicted octanol–water partition coefficient (Wildman–Crippen LogP) is 3.23. The average molecular weight is 346 g/mol.